The van der Waals surface area contributed by atoms with Crippen LogP contribution in [0.3, 0.4) is 0 Å². The third-order valence-electron chi connectivity index (χ3n) is 2.09. The third kappa shape index (κ3) is 3.68. The second kappa shape index (κ2) is 5.79. The van der Waals surface area contributed by atoms with E-state index in [9.17, 15) is 4.79 Å². The summed E-state index contributed by atoms with van der Waals surface area (Å²) in [6.07, 6.45) is 5.38. The van der Waals surface area contributed by atoms with Crippen LogP contribution in [-0.2, 0) is 11.3 Å². The molecule has 0 saturated heterocycles. The van der Waals surface area contributed by atoms with Crippen LogP contribution in [0.5, 0.6) is 0 Å². The summed E-state index contributed by atoms with van der Waals surface area (Å²) in [6, 6.07) is 1.43. The van der Waals surface area contributed by atoms with Gasteiger partial charge in [-0.25, -0.2) is 15.0 Å². The van der Waals surface area contributed by atoms with E-state index < -0.39 is 0 Å². The predicted octanol–water partition coefficient (Wildman–Crippen LogP) is 2.01. The highest BCUT2D eigenvalue weighted by atomic mass is 35.5. The number of hydrogen-bond acceptors (Lipinski definition) is 4. The van der Waals surface area contributed by atoms with Gasteiger partial charge in [-0.3, -0.25) is 4.79 Å². The highest BCUT2D eigenvalue weighted by Crippen LogP contribution is 2.14. The predicted molar refractivity (Wildman–Crippen MR) is 67.5 cm³/mol. The van der Waals surface area contributed by atoms with Crippen molar-refractivity contribution in [1.82, 2.24) is 19.5 Å². The van der Waals surface area contributed by atoms with E-state index in [1.165, 1.54) is 6.07 Å². The first kappa shape index (κ1) is 12.8. The number of hydrogen-bond donors (Lipinski definition) is 1. The molecular formula is C10H9Cl2N5O. The fourth-order valence-electron chi connectivity index (χ4n) is 1.31. The Bertz CT molecular complexity index is 523. The molecule has 0 aromatic carbocycles. The van der Waals surface area contributed by atoms with Crippen LogP contribution < -0.4 is 5.32 Å². The van der Waals surface area contributed by atoms with E-state index in [4.69, 9.17) is 23.2 Å². The van der Waals surface area contributed by atoms with E-state index in [0.29, 0.717) is 13.0 Å². The van der Waals surface area contributed by atoms with Crippen molar-refractivity contribution < 1.29 is 4.79 Å². The Hall–Kier alpha value is -1.66. The number of rotatable bonds is 4. The molecule has 0 aliphatic carbocycles. The molecule has 0 spiro atoms. The Morgan fingerprint density at radius 2 is 2.22 bits per heavy atom. The lowest BCUT2D eigenvalue weighted by atomic mass is 10.4. The van der Waals surface area contributed by atoms with Crippen LogP contribution in [-0.4, -0.2) is 25.4 Å². The largest absolute Gasteiger partial charge is 0.337 e. The Labute approximate surface area is 113 Å². The minimum absolute atomic E-state index is 0.00703. The number of nitrogens with zero attached hydrogens (tertiary/aromatic N) is 4. The van der Waals surface area contributed by atoms with E-state index >= 15 is 0 Å². The fraction of sp³-hybridized carbons (Fsp3) is 0.200. The molecule has 0 saturated carbocycles. The maximum Gasteiger partial charge on any atom is 0.227 e. The smallest absolute Gasteiger partial charge is 0.227 e. The van der Waals surface area contributed by atoms with Crippen LogP contribution in [0.25, 0.3) is 0 Å². The zero-order valence-corrected chi connectivity index (χ0v) is 10.7. The lowest BCUT2D eigenvalue weighted by Crippen LogP contribution is -2.15. The van der Waals surface area contributed by atoms with Crippen molar-refractivity contribution in [3.8, 4) is 0 Å². The zero-order valence-electron chi connectivity index (χ0n) is 9.18. The van der Waals surface area contributed by atoms with Gasteiger partial charge in [0.2, 0.25) is 11.2 Å². The first-order valence-electron chi connectivity index (χ1n) is 5.09. The number of aryl methyl sites for hydroxylation is 1. The minimum Gasteiger partial charge on any atom is -0.337 e. The molecule has 0 atom stereocenters. The fourth-order valence-corrected chi connectivity index (χ4v) is 1.72. The normalized spacial score (nSPS) is 10.3. The maximum atomic E-state index is 11.6. The van der Waals surface area contributed by atoms with Crippen molar-refractivity contribution in [2.75, 3.05) is 5.32 Å². The van der Waals surface area contributed by atoms with Gasteiger partial charge in [0, 0.05) is 31.4 Å². The zero-order chi connectivity index (χ0) is 13.0. The van der Waals surface area contributed by atoms with Crippen LogP contribution >= 0.6 is 23.2 Å². The van der Waals surface area contributed by atoms with Gasteiger partial charge in [-0.15, -0.1) is 0 Å². The van der Waals surface area contributed by atoms with Crippen LogP contribution in [0.15, 0.2) is 24.8 Å². The quantitative estimate of drug-likeness (QED) is 0.689. The van der Waals surface area contributed by atoms with Crippen molar-refractivity contribution in [3.63, 3.8) is 0 Å². The standard InChI is InChI=1S/C10H9Cl2N5O/c11-7-5-8(16-10(12)14-7)15-9(18)1-3-17-4-2-13-6-17/h2,4-6H,1,3H2,(H,14,15,16,18). The molecule has 8 heteroatoms. The molecule has 2 rings (SSSR count). The molecule has 0 radical (unpaired) electrons. The Morgan fingerprint density at radius 1 is 1.39 bits per heavy atom. The van der Waals surface area contributed by atoms with Crippen molar-refractivity contribution in [1.29, 1.82) is 0 Å². The van der Waals surface area contributed by atoms with Crippen LogP contribution in [0.4, 0.5) is 5.82 Å². The molecule has 2 aromatic heterocycles. The van der Waals surface area contributed by atoms with Gasteiger partial charge in [-0.2, -0.15) is 0 Å². The number of carbonyl (C=O) groups is 1. The highest BCUT2D eigenvalue weighted by molar-refractivity contribution is 6.32. The van der Waals surface area contributed by atoms with Crippen molar-refractivity contribution in [3.05, 3.63) is 35.2 Å². The molecule has 0 unspecified atom stereocenters. The number of carbonyl (C=O) groups excluding carboxylic acids is 1. The summed E-state index contributed by atoms with van der Waals surface area (Å²) in [7, 11) is 0. The molecule has 6 nitrogen and oxygen atoms in total. The number of nitrogens with one attached hydrogen (secondary N) is 1. The Kier molecular flexibility index (Phi) is 4.11. The molecule has 2 aromatic rings. The summed E-state index contributed by atoms with van der Waals surface area (Å²) in [5, 5.41) is 2.77. The highest BCUT2D eigenvalue weighted by Gasteiger charge is 2.06. The topological polar surface area (TPSA) is 72.7 Å². The van der Waals surface area contributed by atoms with Gasteiger partial charge < -0.3 is 9.88 Å². The van der Waals surface area contributed by atoms with Crippen molar-refractivity contribution in [2.24, 2.45) is 0 Å². The SMILES string of the molecule is O=C(CCn1ccnc1)Nc1cc(Cl)nc(Cl)n1. The Balaban J connectivity index is 1.90. The Morgan fingerprint density at radius 3 is 2.89 bits per heavy atom. The van der Waals surface area contributed by atoms with E-state index in [-0.39, 0.29) is 22.2 Å². The molecule has 0 fully saturated rings. The lowest BCUT2D eigenvalue weighted by molar-refractivity contribution is -0.116. The van der Waals surface area contributed by atoms with E-state index in [1.54, 1.807) is 23.3 Å². The lowest BCUT2D eigenvalue weighted by Gasteiger charge is -2.05. The van der Waals surface area contributed by atoms with E-state index in [0.717, 1.165) is 0 Å². The monoisotopic (exact) mass is 285 g/mol. The summed E-state index contributed by atoms with van der Waals surface area (Å²) in [4.78, 5) is 23.0. The molecule has 0 aliphatic heterocycles. The summed E-state index contributed by atoms with van der Waals surface area (Å²) in [6.45, 7) is 0.540. The molecule has 0 bridgehead atoms. The number of anilines is 1. The molecule has 1 amide bonds. The summed E-state index contributed by atoms with van der Waals surface area (Å²) >= 11 is 11.3. The van der Waals surface area contributed by atoms with Crippen LogP contribution in [0, 0.1) is 0 Å². The molecule has 2 heterocycles. The molecule has 94 valence electrons. The second-order valence-electron chi connectivity index (χ2n) is 3.44. The third-order valence-corrected chi connectivity index (χ3v) is 2.45. The van der Waals surface area contributed by atoms with Gasteiger partial charge in [0.1, 0.15) is 11.0 Å². The van der Waals surface area contributed by atoms with Gasteiger partial charge in [-0.1, -0.05) is 11.6 Å². The average molecular weight is 286 g/mol. The van der Waals surface area contributed by atoms with Gasteiger partial charge in [-0.05, 0) is 11.6 Å². The second-order valence-corrected chi connectivity index (χ2v) is 4.17. The van der Waals surface area contributed by atoms with Crippen LogP contribution in [0.2, 0.25) is 10.4 Å². The summed E-state index contributed by atoms with van der Waals surface area (Å²) in [5.41, 5.74) is 0. The van der Waals surface area contributed by atoms with Crippen molar-refractivity contribution >= 4 is 34.9 Å². The number of amides is 1. The van der Waals surface area contributed by atoms with Gasteiger partial charge >= 0.3 is 0 Å². The minimum atomic E-state index is -0.186. The first-order chi connectivity index (χ1) is 8.63. The molecular weight excluding hydrogens is 277 g/mol. The summed E-state index contributed by atoms with van der Waals surface area (Å²) in [5.74, 6) is 0.102. The first-order valence-corrected chi connectivity index (χ1v) is 5.85. The van der Waals surface area contributed by atoms with E-state index in [1.807, 2.05) is 0 Å². The van der Waals surface area contributed by atoms with Crippen LogP contribution in [0.1, 0.15) is 6.42 Å². The van der Waals surface area contributed by atoms with E-state index in [2.05, 4.69) is 20.3 Å². The molecule has 18 heavy (non-hydrogen) atoms. The number of imidazole rings is 1. The average Bonchev–Trinajstić information content (AvgIpc) is 2.77. The number of halogens is 2. The van der Waals surface area contributed by atoms with Crippen molar-refractivity contribution in [2.45, 2.75) is 13.0 Å². The number of aromatic nitrogens is 4. The molecule has 1 N–H and O–H groups in total. The molecule has 0 aliphatic rings. The van der Waals surface area contributed by atoms with Gasteiger partial charge in [0.25, 0.3) is 0 Å². The summed E-state index contributed by atoms with van der Waals surface area (Å²) < 4.78 is 1.81. The maximum absolute atomic E-state index is 11.6. The van der Waals surface area contributed by atoms with Gasteiger partial charge in [0.05, 0.1) is 6.33 Å². The van der Waals surface area contributed by atoms with Gasteiger partial charge in [0.15, 0.2) is 0 Å².